The lowest BCUT2D eigenvalue weighted by Gasteiger charge is -2.23. The van der Waals surface area contributed by atoms with Crippen LogP contribution in [-0.2, 0) is 10.0 Å². The van der Waals surface area contributed by atoms with Gasteiger partial charge in [0.25, 0.3) is 0 Å². The third kappa shape index (κ3) is 3.49. The number of rotatable bonds is 8. The second kappa shape index (κ2) is 7.61. The van der Waals surface area contributed by atoms with Crippen LogP contribution in [0.3, 0.4) is 0 Å². The molecule has 0 amide bonds. The summed E-state index contributed by atoms with van der Waals surface area (Å²) in [6.07, 6.45) is 11.9. The summed E-state index contributed by atoms with van der Waals surface area (Å²) in [4.78, 5) is 0. The molecule has 2 aromatic rings. The largest absolute Gasteiger partial charge is 0.493 e. The average Bonchev–Trinajstić information content (AvgIpc) is 3.11. The highest BCUT2D eigenvalue weighted by atomic mass is 32.2. The van der Waals surface area contributed by atoms with E-state index in [-0.39, 0.29) is 5.95 Å². The quantitative estimate of drug-likeness (QED) is 0.625. The molecule has 4 saturated carbocycles. The van der Waals surface area contributed by atoms with Gasteiger partial charge in [-0.3, -0.25) is 9.12 Å². The Hall–Kier alpha value is -1.83. The van der Waals surface area contributed by atoms with Gasteiger partial charge in [0.05, 0.1) is 11.9 Å². The van der Waals surface area contributed by atoms with Crippen LogP contribution in [0.2, 0.25) is 0 Å². The number of hydrogen-bond acceptors (Lipinski definition) is 5. The molecule has 0 aliphatic heterocycles. The standard InChI is InChI=1S/C24H34N4O3S/c1-3-14(2)32(29,30)27-24-26-25-23-11-22(21(12-28(23)24)16-4-5-16)31-13-15-8-19-17-6-7-18(10-17)20(19)9-15/h11-12,14-20H,3-10,13H2,1-2H3,(H,26,27). The molecule has 0 saturated heterocycles. The fourth-order valence-electron chi connectivity index (χ4n) is 6.75. The van der Waals surface area contributed by atoms with E-state index in [1.165, 1.54) is 32.1 Å². The number of nitrogens with zero attached hydrogens (tertiary/aromatic N) is 3. The average molecular weight is 459 g/mol. The van der Waals surface area contributed by atoms with Gasteiger partial charge in [-0.05, 0) is 93.8 Å². The van der Waals surface area contributed by atoms with Gasteiger partial charge in [0.2, 0.25) is 16.0 Å². The smallest absolute Gasteiger partial charge is 0.242 e. The van der Waals surface area contributed by atoms with E-state index >= 15 is 0 Å². The summed E-state index contributed by atoms with van der Waals surface area (Å²) in [6.45, 7) is 4.35. The van der Waals surface area contributed by atoms with Crippen molar-refractivity contribution in [2.24, 2.45) is 29.6 Å². The first-order valence-electron chi connectivity index (χ1n) is 12.5. The van der Waals surface area contributed by atoms with Crippen LogP contribution >= 0.6 is 0 Å². The van der Waals surface area contributed by atoms with Gasteiger partial charge in [0.15, 0.2) is 5.65 Å². The highest BCUT2D eigenvalue weighted by molar-refractivity contribution is 7.93. The molecule has 0 radical (unpaired) electrons. The molecule has 6 rings (SSSR count). The molecular weight excluding hydrogens is 424 g/mol. The number of hydrogen-bond donors (Lipinski definition) is 1. The fourth-order valence-corrected chi connectivity index (χ4v) is 7.78. The molecule has 4 fully saturated rings. The normalized spacial score (nSPS) is 32.4. The number of fused-ring (bicyclic) bond motifs is 6. The zero-order valence-corrected chi connectivity index (χ0v) is 19.9. The van der Waals surface area contributed by atoms with Gasteiger partial charge in [-0.15, -0.1) is 10.2 Å². The zero-order chi connectivity index (χ0) is 22.0. The minimum absolute atomic E-state index is 0.257. The van der Waals surface area contributed by atoms with Crippen molar-refractivity contribution in [3.05, 3.63) is 17.8 Å². The van der Waals surface area contributed by atoms with Crippen molar-refractivity contribution in [1.29, 1.82) is 0 Å². The van der Waals surface area contributed by atoms with Gasteiger partial charge < -0.3 is 4.74 Å². The molecule has 2 bridgehead atoms. The lowest BCUT2D eigenvalue weighted by Crippen LogP contribution is -2.25. The van der Waals surface area contributed by atoms with Crippen molar-refractivity contribution in [3.63, 3.8) is 0 Å². The van der Waals surface area contributed by atoms with Gasteiger partial charge in [-0.2, -0.15) is 0 Å². The molecule has 5 unspecified atom stereocenters. The van der Waals surface area contributed by atoms with E-state index in [2.05, 4.69) is 14.9 Å². The third-order valence-electron chi connectivity index (χ3n) is 8.85. The lowest BCUT2D eigenvalue weighted by atomic mass is 9.82. The van der Waals surface area contributed by atoms with Crippen LogP contribution < -0.4 is 9.46 Å². The maximum absolute atomic E-state index is 12.5. The van der Waals surface area contributed by atoms with Crippen LogP contribution in [0.25, 0.3) is 5.65 Å². The maximum atomic E-state index is 12.5. The first-order valence-corrected chi connectivity index (χ1v) is 14.0. The van der Waals surface area contributed by atoms with Crippen molar-refractivity contribution in [1.82, 2.24) is 14.6 Å². The van der Waals surface area contributed by atoms with E-state index in [0.29, 0.717) is 23.9 Å². The predicted octanol–water partition coefficient (Wildman–Crippen LogP) is 4.60. The Kier molecular flexibility index (Phi) is 4.93. The number of anilines is 1. The highest BCUT2D eigenvalue weighted by Crippen LogP contribution is 2.60. The highest BCUT2D eigenvalue weighted by Gasteiger charge is 2.51. The van der Waals surface area contributed by atoms with Crippen LogP contribution in [0.1, 0.15) is 76.7 Å². The maximum Gasteiger partial charge on any atom is 0.242 e. The van der Waals surface area contributed by atoms with E-state index in [1.54, 1.807) is 11.3 Å². The first kappa shape index (κ1) is 20.8. The Balaban J connectivity index is 1.21. The van der Waals surface area contributed by atoms with Gasteiger partial charge in [0, 0.05) is 17.8 Å². The molecule has 5 atom stereocenters. The van der Waals surface area contributed by atoms with Crippen molar-refractivity contribution in [3.8, 4) is 5.75 Å². The van der Waals surface area contributed by atoms with Crippen LogP contribution in [-0.4, -0.2) is 34.9 Å². The number of pyridine rings is 1. The molecule has 0 aromatic carbocycles. The van der Waals surface area contributed by atoms with Crippen LogP contribution in [0.5, 0.6) is 5.75 Å². The SMILES string of the molecule is CCC(C)S(=O)(=O)Nc1nnc2cc(OCC3CC4C5CCC(C5)C4C3)c(C3CC3)cn12. The zero-order valence-electron chi connectivity index (χ0n) is 19.0. The first-order chi connectivity index (χ1) is 15.4. The number of sulfonamides is 1. The van der Waals surface area contributed by atoms with Gasteiger partial charge in [-0.25, -0.2) is 8.42 Å². The molecule has 174 valence electrons. The molecule has 7 nitrogen and oxygen atoms in total. The Morgan fingerprint density at radius 3 is 2.50 bits per heavy atom. The Morgan fingerprint density at radius 2 is 1.84 bits per heavy atom. The van der Waals surface area contributed by atoms with E-state index in [4.69, 9.17) is 4.74 Å². The molecule has 32 heavy (non-hydrogen) atoms. The van der Waals surface area contributed by atoms with Gasteiger partial charge in [-0.1, -0.05) is 6.92 Å². The van der Waals surface area contributed by atoms with Crippen molar-refractivity contribution in [2.45, 2.75) is 76.4 Å². The van der Waals surface area contributed by atoms with E-state index < -0.39 is 15.3 Å². The monoisotopic (exact) mass is 458 g/mol. The molecule has 2 aromatic heterocycles. The third-order valence-corrected chi connectivity index (χ3v) is 10.7. The van der Waals surface area contributed by atoms with Crippen LogP contribution in [0.15, 0.2) is 12.3 Å². The second-order valence-electron chi connectivity index (χ2n) is 10.8. The molecule has 1 N–H and O–H groups in total. The van der Waals surface area contributed by atoms with E-state index in [1.807, 2.05) is 19.2 Å². The number of ether oxygens (including phenoxy) is 1. The molecule has 4 aliphatic rings. The van der Waals surface area contributed by atoms with Crippen LogP contribution in [0.4, 0.5) is 5.95 Å². The summed E-state index contributed by atoms with van der Waals surface area (Å²) in [7, 11) is -3.49. The van der Waals surface area contributed by atoms with E-state index in [9.17, 15) is 8.42 Å². The molecule has 4 aliphatic carbocycles. The topological polar surface area (TPSA) is 85.6 Å². The molecule has 0 spiro atoms. The Morgan fingerprint density at radius 1 is 1.12 bits per heavy atom. The van der Waals surface area contributed by atoms with Crippen LogP contribution in [0, 0.1) is 29.6 Å². The molecule has 8 heteroatoms. The van der Waals surface area contributed by atoms with Gasteiger partial charge >= 0.3 is 0 Å². The minimum atomic E-state index is -3.49. The van der Waals surface area contributed by atoms with Crippen molar-refractivity contribution >= 4 is 21.6 Å². The number of aromatic nitrogens is 3. The lowest BCUT2D eigenvalue weighted by molar-refractivity contribution is 0.237. The summed E-state index contributed by atoms with van der Waals surface area (Å²) < 4.78 is 35.9. The summed E-state index contributed by atoms with van der Waals surface area (Å²) in [5, 5.41) is 7.87. The summed E-state index contributed by atoms with van der Waals surface area (Å²) >= 11 is 0. The van der Waals surface area contributed by atoms with E-state index in [0.717, 1.165) is 54.4 Å². The fraction of sp³-hybridized carbons (Fsp3) is 0.750. The van der Waals surface area contributed by atoms with Gasteiger partial charge in [0.1, 0.15) is 5.75 Å². The summed E-state index contributed by atoms with van der Waals surface area (Å²) in [6, 6.07) is 1.95. The Bertz CT molecular complexity index is 1110. The van der Waals surface area contributed by atoms with Crippen molar-refractivity contribution < 1.29 is 13.2 Å². The summed E-state index contributed by atoms with van der Waals surface area (Å²) in [5.41, 5.74) is 1.77. The summed E-state index contributed by atoms with van der Waals surface area (Å²) in [5.74, 6) is 6.18. The molecule has 2 heterocycles. The number of nitrogens with one attached hydrogen (secondary N) is 1. The Labute approximate surface area is 190 Å². The second-order valence-corrected chi connectivity index (χ2v) is 12.9. The molecular formula is C24H34N4O3S. The van der Waals surface area contributed by atoms with Crippen molar-refractivity contribution in [2.75, 3.05) is 11.3 Å². The minimum Gasteiger partial charge on any atom is -0.493 e. The predicted molar refractivity (Wildman–Crippen MR) is 123 cm³/mol.